The van der Waals surface area contributed by atoms with Crippen molar-refractivity contribution in [3.8, 4) is 11.5 Å². The largest absolute Gasteiger partial charge is 0.486 e. The van der Waals surface area contributed by atoms with E-state index in [0.717, 1.165) is 22.9 Å². The molecule has 130 valence electrons. The molecule has 9 nitrogen and oxygen atoms in total. The molecule has 3 rings (SSSR count). The number of carbonyl (C=O) groups excluding carboxylic acids is 1. The third-order valence-corrected chi connectivity index (χ3v) is 3.59. The molecular formula is C16H15N3O6. The molecule has 0 bridgehead atoms. The number of para-hydroxylation sites is 2. The number of nitrogens with zero attached hydrogens (tertiary/aromatic N) is 2. The highest BCUT2D eigenvalue weighted by Gasteiger charge is 2.21. The van der Waals surface area contributed by atoms with Gasteiger partial charge in [-0.3, -0.25) is 24.3 Å². The maximum atomic E-state index is 12.0. The first-order valence-corrected chi connectivity index (χ1v) is 7.53. The van der Waals surface area contributed by atoms with Gasteiger partial charge in [-0.15, -0.1) is 0 Å². The lowest BCUT2D eigenvalue weighted by Gasteiger charge is -2.26. The molecule has 1 aliphatic rings. The van der Waals surface area contributed by atoms with Gasteiger partial charge in [-0.25, -0.2) is 0 Å². The molecule has 1 atom stereocenters. The van der Waals surface area contributed by atoms with E-state index >= 15 is 0 Å². The molecule has 1 aromatic carbocycles. The normalized spacial score (nSPS) is 15.4. The van der Waals surface area contributed by atoms with E-state index in [0.29, 0.717) is 11.5 Å². The van der Waals surface area contributed by atoms with Gasteiger partial charge in [0.15, 0.2) is 11.5 Å². The lowest BCUT2D eigenvalue weighted by Crippen LogP contribution is -2.42. The van der Waals surface area contributed by atoms with Crippen molar-refractivity contribution in [3.05, 3.63) is 63.1 Å². The number of hydrogen-bond donors (Lipinski definition) is 1. The third kappa shape index (κ3) is 3.94. The SMILES string of the molecule is O=C(Cn1cc([N+](=O)[O-])ccc1=O)NC[C@H]1COc2ccccc2O1. The van der Waals surface area contributed by atoms with Crippen LogP contribution in [0, 0.1) is 10.1 Å². The maximum Gasteiger partial charge on any atom is 0.285 e. The first-order valence-electron chi connectivity index (χ1n) is 7.53. The summed E-state index contributed by atoms with van der Waals surface area (Å²) in [6, 6.07) is 9.37. The fourth-order valence-electron chi connectivity index (χ4n) is 2.35. The van der Waals surface area contributed by atoms with Crippen molar-refractivity contribution in [2.45, 2.75) is 12.6 Å². The van der Waals surface area contributed by atoms with Gasteiger partial charge in [0, 0.05) is 12.1 Å². The highest BCUT2D eigenvalue weighted by molar-refractivity contribution is 5.75. The van der Waals surface area contributed by atoms with Crippen molar-refractivity contribution in [3.63, 3.8) is 0 Å². The summed E-state index contributed by atoms with van der Waals surface area (Å²) >= 11 is 0. The number of nitrogens with one attached hydrogen (secondary N) is 1. The Balaban J connectivity index is 1.56. The van der Waals surface area contributed by atoms with Gasteiger partial charge < -0.3 is 14.8 Å². The van der Waals surface area contributed by atoms with E-state index in [-0.39, 0.29) is 31.5 Å². The van der Waals surface area contributed by atoms with Gasteiger partial charge in [0.25, 0.3) is 11.2 Å². The minimum atomic E-state index is -0.626. The van der Waals surface area contributed by atoms with Crippen molar-refractivity contribution < 1.29 is 19.2 Å². The van der Waals surface area contributed by atoms with Gasteiger partial charge >= 0.3 is 0 Å². The predicted octanol–water partition coefficient (Wildman–Crippen LogP) is 0.713. The molecule has 25 heavy (non-hydrogen) atoms. The number of pyridine rings is 1. The summed E-state index contributed by atoms with van der Waals surface area (Å²) in [5.74, 6) is 0.793. The Morgan fingerprint density at radius 2 is 2.04 bits per heavy atom. The van der Waals surface area contributed by atoms with Crippen LogP contribution in [0.15, 0.2) is 47.4 Å². The van der Waals surface area contributed by atoms with Crippen LogP contribution in [0.4, 0.5) is 5.69 Å². The second-order valence-electron chi connectivity index (χ2n) is 5.41. The summed E-state index contributed by atoms with van der Waals surface area (Å²) in [5, 5.41) is 13.4. The first kappa shape index (κ1) is 16.5. The van der Waals surface area contributed by atoms with Crippen LogP contribution in [0.3, 0.4) is 0 Å². The van der Waals surface area contributed by atoms with Gasteiger partial charge in [-0.1, -0.05) is 12.1 Å². The Morgan fingerprint density at radius 1 is 1.28 bits per heavy atom. The molecule has 0 aliphatic carbocycles. The summed E-state index contributed by atoms with van der Waals surface area (Å²) in [4.78, 5) is 33.8. The lowest BCUT2D eigenvalue weighted by atomic mass is 10.2. The van der Waals surface area contributed by atoms with Crippen molar-refractivity contribution in [1.82, 2.24) is 9.88 Å². The number of carbonyl (C=O) groups is 1. The van der Waals surface area contributed by atoms with Crippen LogP contribution in [0.5, 0.6) is 11.5 Å². The van der Waals surface area contributed by atoms with E-state index in [2.05, 4.69) is 5.32 Å². The summed E-state index contributed by atoms with van der Waals surface area (Å²) in [5.41, 5.74) is -0.750. The van der Waals surface area contributed by atoms with Gasteiger partial charge in [-0.05, 0) is 12.1 Å². The fraction of sp³-hybridized carbons (Fsp3) is 0.250. The number of amides is 1. The smallest absolute Gasteiger partial charge is 0.285 e. The summed E-state index contributed by atoms with van der Waals surface area (Å²) in [6.45, 7) is 0.162. The first-order chi connectivity index (χ1) is 12.0. The fourth-order valence-corrected chi connectivity index (χ4v) is 2.35. The van der Waals surface area contributed by atoms with Crippen molar-refractivity contribution in [2.24, 2.45) is 0 Å². The summed E-state index contributed by atoms with van der Waals surface area (Å²) in [6.07, 6.45) is 0.680. The molecule has 2 aromatic rings. The maximum absolute atomic E-state index is 12.0. The van der Waals surface area contributed by atoms with Crippen molar-refractivity contribution in [1.29, 1.82) is 0 Å². The Kier molecular flexibility index (Phi) is 4.64. The molecule has 1 aliphatic heterocycles. The average molecular weight is 345 g/mol. The standard InChI is InChI=1S/C16H15N3O6/c20-15(9-18-8-11(19(22)23)5-6-16(18)21)17-7-12-10-24-13-3-1-2-4-14(13)25-12/h1-6,8,12H,7,9-10H2,(H,17,20)/t12-/m0/s1. The Hall–Kier alpha value is -3.36. The van der Waals surface area contributed by atoms with Crippen LogP contribution in [0.2, 0.25) is 0 Å². The zero-order valence-corrected chi connectivity index (χ0v) is 13.1. The topological polar surface area (TPSA) is 113 Å². The molecule has 0 saturated heterocycles. The number of ether oxygens (including phenoxy) is 2. The van der Waals surface area contributed by atoms with Crippen molar-refractivity contribution in [2.75, 3.05) is 13.2 Å². The van der Waals surface area contributed by atoms with Crippen LogP contribution in [0.1, 0.15) is 0 Å². The van der Waals surface area contributed by atoms with E-state index in [4.69, 9.17) is 9.47 Å². The van der Waals surface area contributed by atoms with Gasteiger partial charge in [0.05, 0.1) is 17.7 Å². The molecule has 0 unspecified atom stereocenters. The highest BCUT2D eigenvalue weighted by atomic mass is 16.6. The third-order valence-electron chi connectivity index (χ3n) is 3.59. The van der Waals surface area contributed by atoms with Crippen LogP contribution in [0.25, 0.3) is 0 Å². The van der Waals surface area contributed by atoms with E-state index in [1.54, 1.807) is 12.1 Å². The zero-order chi connectivity index (χ0) is 17.8. The molecule has 1 amide bonds. The van der Waals surface area contributed by atoms with E-state index in [1.807, 2.05) is 12.1 Å². The monoisotopic (exact) mass is 345 g/mol. The zero-order valence-electron chi connectivity index (χ0n) is 13.1. The molecule has 9 heteroatoms. The van der Waals surface area contributed by atoms with E-state index in [9.17, 15) is 19.7 Å². The Labute approximate surface area is 141 Å². The molecule has 1 aromatic heterocycles. The van der Waals surface area contributed by atoms with Crippen LogP contribution >= 0.6 is 0 Å². The molecule has 0 spiro atoms. The predicted molar refractivity (Wildman–Crippen MR) is 86.7 cm³/mol. The molecule has 0 radical (unpaired) electrons. The number of benzene rings is 1. The van der Waals surface area contributed by atoms with E-state index in [1.165, 1.54) is 0 Å². The summed E-state index contributed by atoms with van der Waals surface area (Å²) in [7, 11) is 0. The quantitative estimate of drug-likeness (QED) is 0.631. The van der Waals surface area contributed by atoms with Crippen LogP contribution < -0.4 is 20.3 Å². The van der Waals surface area contributed by atoms with Gasteiger partial charge in [0.2, 0.25) is 5.91 Å². The number of fused-ring (bicyclic) bond motifs is 1. The molecular weight excluding hydrogens is 330 g/mol. The minimum Gasteiger partial charge on any atom is -0.486 e. The number of nitro groups is 1. The Bertz CT molecular complexity index is 863. The molecule has 0 saturated carbocycles. The number of aromatic nitrogens is 1. The average Bonchev–Trinajstić information content (AvgIpc) is 2.61. The number of rotatable bonds is 5. The summed E-state index contributed by atoms with van der Waals surface area (Å²) < 4.78 is 12.2. The molecule has 0 fully saturated rings. The second-order valence-corrected chi connectivity index (χ2v) is 5.41. The molecule has 2 heterocycles. The van der Waals surface area contributed by atoms with Gasteiger partial charge in [0.1, 0.15) is 19.3 Å². The number of hydrogen-bond acceptors (Lipinski definition) is 6. The van der Waals surface area contributed by atoms with E-state index < -0.39 is 16.4 Å². The second kappa shape index (κ2) is 7.04. The highest BCUT2D eigenvalue weighted by Crippen LogP contribution is 2.30. The Morgan fingerprint density at radius 3 is 2.80 bits per heavy atom. The lowest BCUT2D eigenvalue weighted by molar-refractivity contribution is -0.385. The van der Waals surface area contributed by atoms with Crippen LogP contribution in [-0.2, 0) is 11.3 Å². The van der Waals surface area contributed by atoms with Crippen molar-refractivity contribution >= 4 is 11.6 Å². The van der Waals surface area contributed by atoms with Gasteiger partial charge in [-0.2, -0.15) is 0 Å². The minimum absolute atomic E-state index is 0.191. The van der Waals surface area contributed by atoms with Crippen LogP contribution in [-0.4, -0.2) is 34.7 Å². The molecule has 1 N–H and O–H groups in total.